The Labute approximate surface area is 122 Å². The fraction of sp³-hybridized carbons (Fsp3) is 0.500. The van der Waals surface area contributed by atoms with E-state index < -0.39 is 11.6 Å². The lowest BCUT2D eigenvalue weighted by Crippen LogP contribution is -2.29. The molecule has 0 fully saturated rings. The van der Waals surface area contributed by atoms with Crippen molar-refractivity contribution in [1.82, 2.24) is 14.5 Å². The van der Waals surface area contributed by atoms with Gasteiger partial charge in [0.15, 0.2) is 5.82 Å². The monoisotopic (exact) mass is 301 g/mol. The van der Waals surface area contributed by atoms with Gasteiger partial charge in [0.25, 0.3) is 0 Å². The zero-order valence-electron chi connectivity index (χ0n) is 12.0. The zero-order valence-corrected chi connectivity index (χ0v) is 12.7. The standard InChI is InChI=1S/C14H18ClF2N3/c1-8(19(3)4)7-20-12-6-10(16)5-11(17)13(12)18-14(20)9(2)15/h5-6,8-9H,7H2,1-4H3. The summed E-state index contributed by atoms with van der Waals surface area (Å²) in [6.07, 6.45) is 0. The van der Waals surface area contributed by atoms with E-state index in [4.69, 9.17) is 11.6 Å². The molecule has 0 spiro atoms. The lowest BCUT2D eigenvalue weighted by Gasteiger charge is -2.22. The average molecular weight is 302 g/mol. The summed E-state index contributed by atoms with van der Waals surface area (Å²) in [7, 11) is 3.91. The van der Waals surface area contributed by atoms with Gasteiger partial charge in [0.05, 0.1) is 10.9 Å². The van der Waals surface area contributed by atoms with E-state index >= 15 is 0 Å². The van der Waals surface area contributed by atoms with E-state index in [1.807, 2.05) is 25.9 Å². The summed E-state index contributed by atoms with van der Waals surface area (Å²) < 4.78 is 29.1. The summed E-state index contributed by atoms with van der Waals surface area (Å²) in [6, 6.07) is 2.33. The smallest absolute Gasteiger partial charge is 0.153 e. The minimum Gasteiger partial charge on any atom is -0.325 e. The Balaban J connectivity index is 2.62. The molecule has 2 rings (SSSR count). The number of nitrogens with zero attached hydrogens (tertiary/aromatic N) is 3. The Bertz CT molecular complexity index is 622. The summed E-state index contributed by atoms with van der Waals surface area (Å²) in [5, 5.41) is -0.376. The Morgan fingerprint density at radius 2 is 1.95 bits per heavy atom. The number of alkyl halides is 1. The molecular weight excluding hydrogens is 284 g/mol. The Kier molecular flexibility index (Phi) is 4.30. The van der Waals surface area contributed by atoms with Gasteiger partial charge in [-0.2, -0.15) is 0 Å². The van der Waals surface area contributed by atoms with E-state index in [0.717, 1.165) is 6.07 Å². The SMILES string of the molecule is CC(Cl)c1nc2c(F)cc(F)cc2n1CC(C)N(C)C. The largest absolute Gasteiger partial charge is 0.325 e. The second-order valence-corrected chi connectivity index (χ2v) is 5.92. The van der Waals surface area contributed by atoms with Gasteiger partial charge in [-0.25, -0.2) is 13.8 Å². The van der Waals surface area contributed by atoms with E-state index in [1.165, 1.54) is 6.07 Å². The summed E-state index contributed by atoms with van der Waals surface area (Å²) >= 11 is 6.12. The summed E-state index contributed by atoms with van der Waals surface area (Å²) in [5.41, 5.74) is 0.610. The quantitative estimate of drug-likeness (QED) is 0.805. The van der Waals surface area contributed by atoms with Gasteiger partial charge < -0.3 is 9.47 Å². The molecule has 0 radical (unpaired) electrons. The predicted octanol–water partition coefficient (Wildman–Crippen LogP) is 3.56. The Hall–Kier alpha value is -1.20. The molecule has 0 aliphatic carbocycles. The predicted molar refractivity (Wildman–Crippen MR) is 77.1 cm³/mol. The van der Waals surface area contributed by atoms with Gasteiger partial charge in [-0.3, -0.25) is 0 Å². The molecule has 0 bridgehead atoms. The fourth-order valence-corrected chi connectivity index (χ4v) is 2.26. The second kappa shape index (κ2) is 5.66. The first kappa shape index (κ1) is 15.2. The molecule has 2 unspecified atom stereocenters. The van der Waals surface area contributed by atoms with Gasteiger partial charge in [-0.15, -0.1) is 11.6 Å². The first-order chi connectivity index (χ1) is 9.31. The van der Waals surface area contributed by atoms with Crippen LogP contribution in [0.2, 0.25) is 0 Å². The topological polar surface area (TPSA) is 21.1 Å². The van der Waals surface area contributed by atoms with Gasteiger partial charge in [0.2, 0.25) is 0 Å². The van der Waals surface area contributed by atoms with Crippen molar-refractivity contribution in [1.29, 1.82) is 0 Å². The van der Waals surface area contributed by atoms with E-state index in [9.17, 15) is 8.78 Å². The van der Waals surface area contributed by atoms with Crippen LogP contribution in [0, 0.1) is 11.6 Å². The molecule has 110 valence electrons. The maximum Gasteiger partial charge on any atom is 0.153 e. The number of hydrogen-bond acceptors (Lipinski definition) is 2. The highest BCUT2D eigenvalue weighted by Gasteiger charge is 2.20. The summed E-state index contributed by atoms with van der Waals surface area (Å²) in [5.74, 6) is -0.711. The molecule has 20 heavy (non-hydrogen) atoms. The minimum atomic E-state index is -0.658. The van der Waals surface area contributed by atoms with E-state index in [1.54, 1.807) is 11.5 Å². The number of imidazole rings is 1. The van der Waals surface area contributed by atoms with Crippen molar-refractivity contribution >= 4 is 22.6 Å². The first-order valence-corrected chi connectivity index (χ1v) is 6.90. The second-order valence-electron chi connectivity index (χ2n) is 5.26. The normalized spacial score (nSPS) is 15.0. The third kappa shape index (κ3) is 2.79. The molecule has 6 heteroatoms. The van der Waals surface area contributed by atoms with E-state index in [-0.39, 0.29) is 16.9 Å². The van der Waals surface area contributed by atoms with Crippen LogP contribution in [0.4, 0.5) is 8.78 Å². The van der Waals surface area contributed by atoms with Crippen LogP contribution in [0.5, 0.6) is 0 Å². The van der Waals surface area contributed by atoms with E-state index in [2.05, 4.69) is 4.98 Å². The lowest BCUT2D eigenvalue weighted by atomic mass is 10.2. The highest BCUT2D eigenvalue weighted by molar-refractivity contribution is 6.20. The van der Waals surface area contributed by atoms with Gasteiger partial charge in [-0.05, 0) is 34.0 Å². The molecule has 0 saturated carbocycles. The number of hydrogen-bond donors (Lipinski definition) is 0. The highest BCUT2D eigenvalue weighted by atomic mass is 35.5. The maximum absolute atomic E-state index is 13.8. The van der Waals surface area contributed by atoms with Crippen LogP contribution in [-0.2, 0) is 6.54 Å². The van der Waals surface area contributed by atoms with Crippen LogP contribution >= 0.6 is 11.6 Å². The van der Waals surface area contributed by atoms with Crippen molar-refractivity contribution in [2.24, 2.45) is 0 Å². The highest BCUT2D eigenvalue weighted by Crippen LogP contribution is 2.27. The van der Waals surface area contributed by atoms with Crippen LogP contribution in [0.15, 0.2) is 12.1 Å². The maximum atomic E-state index is 13.8. The number of benzene rings is 1. The molecule has 0 N–H and O–H groups in total. The fourth-order valence-electron chi connectivity index (χ4n) is 2.09. The van der Waals surface area contributed by atoms with Gasteiger partial charge in [-0.1, -0.05) is 0 Å². The van der Waals surface area contributed by atoms with E-state index in [0.29, 0.717) is 17.9 Å². The van der Waals surface area contributed by atoms with Crippen molar-refractivity contribution in [2.45, 2.75) is 31.8 Å². The van der Waals surface area contributed by atoms with Crippen LogP contribution in [0.3, 0.4) is 0 Å². The average Bonchev–Trinajstić information content (AvgIpc) is 2.68. The van der Waals surface area contributed by atoms with Crippen molar-refractivity contribution in [3.05, 3.63) is 29.6 Å². The van der Waals surface area contributed by atoms with Gasteiger partial charge in [0.1, 0.15) is 17.2 Å². The molecule has 2 atom stereocenters. The number of fused-ring (bicyclic) bond motifs is 1. The van der Waals surface area contributed by atoms with Crippen LogP contribution in [0.1, 0.15) is 25.0 Å². The van der Waals surface area contributed by atoms with Gasteiger partial charge >= 0.3 is 0 Å². The van der Waals surface area contributed by atoms with Gasteiger partial charge in [0, 0.05) is 18.7 Å². The number of aromatic nitrogens is 2. The third-order valence-corrected chi connectivity index (χ3v) is 3.68. The number of rotatable bonds is 4. The Morgan fingerprint density at radius 3 is 2.50 bits per heavy atom. The van der Waals surface area contributed by atoms with Crippen LogP contribution < -0.4 is 0 Å². The van der Waals surface area contributed by atoms with Crippen LogP contribution in [-0.4, -0.2) is 34.6 Å². The molecule has 1 heterocycles. The molecule has 3 nitrogen and oxygen atoms in total. The third-order valence-electron chi connectivity index (χ3n) is 3.49. The molecule has 0 aliphatic heterocycles. The molecule has 0 saturated heterocycles. The van der Waals surface area contributed by atoms with Crippen molar-refractivity contribution < 1.29 is 8.78 Å². The minimum absolute atomic E-state index is 0.167. The van der Waals surface area contributed by atoms with Crippen molar-refractivity contribution in [3.8, 4) is 0 Å². The Morgan fingerprint density at radius 1 is 1.30 bits per heavy atom. The molecule has 1 aromatic heterocycles. The summed E-state index contributed by atoms with van der Waals surface area (Å²) in [4.78, 5) is 6.27. The first-order valence-electron chi connectivity index (χ1n) is 6.47. The zero-order chi connectivity index (χ0) is 15.0. The number of likely N-dealkylation sites (N-methyl/N-ethyl adjacent to an activating group) is 1. The lowest BCUT2D eigenvalue weighted by molar-refractivity contribution is 0.284. The molecular formula is C14H18ClF2N3. The number of halogens is 3. The van der Waals surface area contributed by atoms with Crippen molar-refractivity contribution in [3.63, 3.8) is 0 Å². The molecule has 0 amide bonds. The van der Waals surface area contributed by atoms with Crippen LogP contribution in [0.25, 0.3) is 11.0 Å². The van der Waals surface area contributed by atoms with Crippen molar-refractivity contribution in [2.75, 3.05) is 14.1 Å². The molecule has 2 aromatic rings. The molecule has 0 aliphatic rings. The summed E-state index contributed by atoms with van der Waals surface area (Å²) in [6.45, 7) is 4.37. The molecule has 1 aromatic carbocycles.